The maximum Gasteiger partial charge on any atom is 0.277 e. The molecule has 0 saturated carbocycles. The molecule has 0 unspecified atom stereocenters. The average Bonchev–Trinajstić information content (AvgIpc) is 3.14. The van der Waals surface area contributed by atoms with Gasteiger partial charge in [-0.2, -0.15) is 9.61 Å². The third-order valence-corrected chi connectivity index (χ3v) is 5.42. The number of piperazine rings is 1. The molecule has 1 aliphatic rings. The topological polar surface area (TPSA) is 118 Å². The van der Waals surface area contributed by atoms with Gasteiger partial charge in [0.1, 0.15) is 10.8 Å². The minimum Gasteiger partial charge on any atom is -0.354 e. The zero-order valence-corrected chi connectivity index (χ0v) is 16.2. The van der Waals surface area contributed by atoms with Crippen molar-refractivity contribution in [2.75, 3.05) is 36.4 Å². The van der Waals surface area contributed by atoms with E-state index in [0.717, 1.165) is 31.7 Å². The molecule has 4 N–H and O–H groups in total. The number of fused-ring (bicyclic) bond motifs is 1. The van der Waals surface area contributed by atoms with Crippen LogP contribution in [0.25, 0.3) is 15.5 Å². The van der Waals surface area contributed by atoms with Crippen LogP contribution in [-0.4, -0.2) is 52.7 Å². The van der Waals surface area contributed by atoms with E-state index in [2.05, 4.69) is 25.6 Å². The van der Waals surface area contributed by atoms with Crippen molar-refractivity contribution in [3.8, 4) is 10.6 Å². The van der Waals surface area contributed by atoms with Crippen molar-refractivity contribution in [2.45, 2.75) is 13.0 Å². The summed E-state index contributed by atoms with van der Waals surface area (Å²) in [6.45, 7) is 5.00. The highest BCUT2D eigenvalue weighted by Crippen LogP contribution is 2.27. The molecule has 3 heterocycles. The predicted octanol–water partition coefficient (Wildman–Crippen LogP) is 0.513. The number of hydrogen-bond donors (Lipinski definition) is 3. The Morgan fingerprint density at radius 3 is 2.86 bits per heavy atom. The molecule has 0 radical (unpaired) electrons. The van der Waals surface area contributed by atoms with Crippen molar-refractivity contribution in [2.24, 2.45) is 5.73 Å². The number of carbonyl (C=O) groups is 1. The Morgan fingerprint density at radius 1 is 1.32 bits per heavy atom. The van der Waals surface area contributed by atoms with Gasteiger partial charge in [0.25, 0.3) is 5.56 Å². The van der Waals surface area contributed by atoms with E-state index >= 15 is 0 Å². The standard InChI is InChI=1S/C18H21N7O2S/c1-11(19)16(27)21-13-4-2-3-12(9-13)17-23-25-15(26)10-14(22-18(25)28-17)24-7-5-20-6-8-24/h2-4,9-11,20H,5-8,19H2,1H3,(H,21,27)/t11-/m1/s1. The molecule has 1 aromatic carbocycles. The largest absolute Gasteiger partial charge is 0.354 e. The maximum atomic E-state index is 12.5. The first-order valence-electron chi connectivity index (χ1n) is 9.05. The number of amides is 1. The van der Waals surface area contributed by atoms with Crippen molar-refractivity contribution in [3.63, 3.8) is 0 Å². The van der Waals surface area contributed by atoms with Crippen molar-refractivity contribution in [3.05, 3.63) is 40.7 Å². The van der Waals surface area contributed by atoms with E-state index in [1.54, 1.807) is 19.1 Å². The summed E-state index contributed by atoms with van der Waals surface area (Å²) < 4.78 is 1.32. The quantitative estimate of drug-likeness (QED) is 0.585. The molecule has 0 bridgehead atoms. The Bertz CT molecular complexity index is 1070. The highest BCUT2D eigenvalue weighted by atomic mass is 32.1. The molecule has 28 heavy (non-hydrogen) atoms. The molecule has 1 fully saturated rings. The first-order chi connectivity index (χ1) is 13.5. The summed E-state index contributed by atoms with van der Waals surface area (Å²) in [5.74, 6) is 0.416. The Balaban J connectivity index is 1.67. The Hall–Kier alpha value is -2.82. The van der Waals surface area contributed by atoms with Crippen LogP contribution in [0.1, 0.15) is 6.92 Å². The minimum atomic E-state index is -0.600. The van der Waals surface area contributed by atoms with E-state index in [9.17, 15) is 9.59 Å². The van der Waals surface area contributed by atoms with E-state index in [-0.39, 0.29) is 11.5 Å². The van der Waals surface area contributed by atoms with Crippen molar-refractivity contribution >= 4 is 33.7 Å². The number of benzene rings is 1. The Kier molecular flexibility index (Phi) is 5.07. The van der Waals surface area contributed by atoms with Gasteiger partial charge in [0, 0.05) is 43.5 Å². The van der Waals surface area contributed by atoms with E-state index < -0.39 is 6.04 Å². The first-order valence-corrected chi connectivity index (χ1v) is 9.86. The molecule has 10 heteroatoms. The zero-order valence-electron chi connectivity index (χ0n) is 15.4. The van der Waals surface area contributed by atoms with Crippen molar-refractivity contribution < 1.29 is 4.79 Å². The summed E-state index contributed by atoms with van der Waals surface area (Å²) in [5, 5.41) is 11.1. The van der Waals surface area contributed by atoms with Crippen LogP contribution in [0.15, 0.2) is 35.1 Å². The number of nitrogens with zero attached hydrogens (tertiary/aromatic N) is 4. The number of aromatic nitrogens is 3. The van der Waals surface area contributed by atoms with Crippen LogP contribution in [-0.2, 0) is 4.79 Å². The molecule has 0 spiro atoms. The van der Waals surface area contributed by atoms with Gasteiger partial charge in [0.15, 0.2) is 0 Å². The molecule has 1 saturated heterocycles. The summed E-state index contributed by atoms with van der Waals surface area (Å²) in [6, 6.07) is 8.21. The maximum absolute atomic E-state index is 12.5. The van der Waals surface area contributed by atoms with Gasteiger partial charge in [-0.3, -0.25) is 9.59 Å². The van der Waals surface area contributed by atoms with Gasteiger partial charge in [-0.05, 0) is 19.1 Å². The summed E-state index contributed by atoms with van der Waals surface area (Å²) >= 11 is 1.34. The number of nitrogens with one attached hydrogen (secondary N) is 2. The highest BCUT2D eigenvalue weighted by molar-refractivity contribution is 7.19. The summed E-state index contributed by atoms with van der Waals surface area (Å²) in [4.78, 5) is 31.6. The number of rotatable bonds is 4. The normalized spacial score (nSPS) is 15.6. The second kappa shape index (κ2) is 7.66. The van der Waals surface area contributed by atoms with Crippen LogP contribution in [0.4, 0.5) is 11.5 Å². The van der Waals surface area contributed by atoms with Crippen molar-refractivity contribution in [1.29, 1.82) is 0 Å². The number of anilines is 2. The lowest BCUT2D eigenvalue weighted by Gasteiger charge is -2.27. The van der Waals surface area contributed by atoms with Gasteiger partial charge in [-0.1, -0.05) is 23.5 Å². The first kappa shape index (κ1) is 18.5. The van der Waals surface area contributed by atoms with Gasteiger partial charge in [0.05, 0.1) is 6.04 Å². The lowest BCUT2D eigenvalue weighted by molar-refractivity contribution is -0.117. The monoisotopic (exact) mass is 399 g/mol. The molecule has 3 aromatic rings. The summed E-state index contributed by atoms with van der Waals surface area (Å²) in [5.41, 5.74) is 6.81. The third kappa shape index (κ3) is 3.75. The van der Waals surface area contributed by atoms with E-state index in [1.165, 1.54) is 21.9 Å². The predicted molar refractivity (Wildman–Crippen MR) is 110 cm³/mol. The molecular formula is C18H21N7O2S. The van der Waals surface area contributed by atoms with Gasteiger partial charge in [0.2, 0.25) is 10.9 Å². The molecule has 146 valence electrons. The lowest BCUT2D eigenvalue weighted by Crippen LogP contribution is -2.44. The Morgan fingerprint density at radius 2 is 2.11 bits per heavy atom. The lowest BCUT2D eigenvalue weighted by atomic mass is 10.2. The molecule has 4 rings (SSSR count). The minimum absolute atomic E-state index is 0.206. The second-order valence-electron chi connectivity index (χ2n) is 6.65. The smallest absolute Gasteiger partial charge is 0.277 e. The summed E-state index contributed by atoms with van der Waals surface area (Å²) in [7, 11) is 0. The molecule has 1 amide bonds. The molecule has 2 aromatic heterocycles. The zero-order chi connectivity index (χ0) is 19.7. The van der Waals surface area contributed by atoms with Crippen LogP contribution in [0, 0.1) is 0 Å². The van der Waals surface area contributed by atoms with Crippen LogP contribution < -0.4 is 26.8 Å². The Labute approximate surface area is 165 Å². The third-order valence-electron chi connectivity index (χ3n) is 4.46. The highest BCUT2D eigenvalue weighted by Gasteiger charge is 2.16. The second-order valence-corrected chi connectivity index (χ2v) is 7.61. The van der Waals surface area contributed by atoms with E-state index in [1.807, 2.05) is 12.1 Å². The SMILES string of the molecule is C[C@@H](N)C(=O)Nc1cccc(-c2nn3c(=O)cc(N4CCNCC4)nc3s2)c1. The van der Waals surface area contributed by atoms with Gasteiger partial charge < -0.3 is 21.3 Å². The van der Waals surface area contributed by atoms with Gasteiger partial charge >= 0.3 is 0 Å². The fourth-order valence-corrected chi connectivity index (χ4v) is 3.85. The average molecular weight is 399 g/mol. The van der Waals surface area contributed by atoms with Crippen molar-refractivity contribution in [1.82, 2.24) is 19.9 Å². The van der Waals surface area contributed by atoms with Gasteiger partial charge in [-0.15, -0.1) is 0 Å². The van der Waals surface area contributed by atoms with Crippen LogP contribution in [0.3, 0.4) is 0 Å². The van der Waals surface area contributed by atoms with Crippen LogP contribution in [0.5, 0.6) is 0 Å². The van der Waals surface area contributed by atoms with E-state index in [4.69, 9.17) is 5.73 Å². The van der Waals surface area contributed by atoms with Crippen LogP contribution in [0.2, 0.25) is 0 Å². The summed E-state index contributed by atoms with van der Waals surface area (Å²) in [6.07, 6.45) is 0. The van der Waals surface area contributed by atoms with Gasteiger partial charge in [-0.25, -0.2) is 4.98 Å². The number of carbonyl (C=O) groups excluding carboxylic acids is 1. The fourth-order valence-electron chi connectivity index (χ4n) is 2.96. The fraction of sp³-hybridized carbons (Fsp3) is 0.333. The molecule has 1 aliphatic heterocycles. The molecule has 9 nitrogen and oxygen atoms in total. The number of nitrogens with two attached hydrogens (primary N) is 1. The van der Waals surface area contributed by atoms with Crippen LogP contribution >= 0.6 is 11.3 Å². The number of hydrogen-bond acceptors (Lipinski definition) is 8. The molecular weight excluding hydrogens is 378 g/mol. The van der Waals surface area contributed by atoms with E-state index in [0.29, 0.717) is 21.5 Å². The molecule has 1 atom stereocenters. The molecule has 0 aliphatic carbocycles.